The first-order valence-electron chi connectivity index (χ1n) is 9.51. The molecule has 0 saturated carbocycles. The van der Waals surface area contributed by atoms with Crippen LogP contribution in [0.1, 0.15) is 27.5 Å². The third-order valence-corrected chi connectivity index (χ3v) is 5.02. The second kappa shape index (κ2) is 9.57. The molecule has 150 valence electrons. The van der Waals surface area contributed by atoms with Crippen LogP contribution in [-0.4, -0.2) is 57.9 Å². The van der Waals surface area contributed by atoms with Gasteiger partial charge in [0, 0.05) is 25.2 Å². The summed E-state index contributed by atoms with van der Waals surface area (Å²) in [5.74, 6) is 1.31. The Morgan fingerprint density at radius 1 is 1.11 bits per heavy atom. The van der Waals surface area contributed by atoms with Crippen molar-refractivity contribution >= 4 is 5.91 Å². The van der Waals surface area contributed by atoms with E-state index in [-0.39, 0.29) is 11.9 Å². The summed E-state index contributed by atoms with van der Waals surface area (Å²) in [6, 6.07) is 13.6. The van der Waals surface area contributed by atoms with E-state index < -0.39 is 0 Å². The fraction of sp³-hybridized carbons (Fsp3) is 0.409. The van der Waals surface area contributed by atoms with Crippen LogP contribution in [0.4, 0.5) is 0 Å². The van der Waals surface area contributed by atoms with Gasteiger partial charge in [-0.1, -0.05) is 23.8 Å². The third kappa shape index (κ3) is 4.82. The molecule has 6 heteroatoms. The quantitative estimate of drug-likeness (QED) is 0.795. The molecule has 0 radical (unpaired) electrons. The van der Waals surface area contributed by atoms with Crippen molar-refractivity contribution in [1.29, 1.82) is 0 Å². The van der Waals surface area contributed by atoms with E-state index in [0.29, 0.717) is 36.8 Å². The molecule has 2 aromatic carbocycles. The lowest BCUT2D eigenvalue weighted by atomic mass is 10.0. The van der Waals surface area contributed by atoms with E-state index in [9.17, 15) is 4.79 Å². The highest BCUT2D eigenvalue weighted by molar-refractivity contribution is 5.94. The Hall–Kier alpha value is -2.57. The average Bonchev–Trinajstić information content (AvgIpc) is 2.74. The van der Waals surface area contributed by atoms with Gasteiger partial charge >= 0.3 is 0 Å². The van der Waals surface area contributed by atoms with Gasteiger partial charge in [-0.05, 0) is 36.8 Å². The van der Waals surface area contributed by atoms with E-state index >= 15 is 0 Å². The lowest BCUT2D eigenvalue weighted by molar-refractivity contribution is 0.0162. The van der Waals surface area contributed by atoms with E-state index in [0.717, 1.165) is 24.2 Å². The summed E-state index contributed by atoms with van der Waals surface area (Å²) < 4.78 is 16.3. The molecule has 0 spiro atoms. The van der Waals surface area contributed by atoms with Crippen LogP contribution < -0.4 is 14.8 Å². The molecule has 1 amide bonds. The minimum atomic E-state index is -0.0672. The monoisotopic (exact) mass is 384 g/mol. The number of aryl methyl sites for hydroxylation is 1. The summed E-state index contributed by atoms with van der Waals surface area (Å²) in [5, 5.41) is 3.09. The molecule has 1 saturated heterocycles. The van der Waals surface area contributed by atoms with Crippen molar-refractivity contribution < 1.29 is 19.0 Å². The number of hydrogen-bond acceptors (Lipinski definition) is 5. The number of benzene rings is 2. The van der Waals surface area contributed by atoms with Crippen LogP contribution in [0.3, 0.4) is 0 Å². The minimum Gasteiger partial charge on any atom is -0.493 e. The number of hydrogen-bond donors (Lipinski definition) is 1. The van der Waals surface area contributed by atoms with Crippen molar-refractivity contribution in [1.82, 2.24) is 10.2 Å². The maximum atomic E-state index is 12.6. The predicted molar refractivity (Wildman–Crippen MR) is 108 cm³/mol. The molecule has 0 aromatic heterocycles. The van der Waals surface area contributed by atoms with Gasteiger partial charge in [0.1, 0.15) is 0 Å². The van der Waals surface area contributed by atoms with Gasteiger partial charge in [-0.2, -0.15) is 0 Å². The summed E-state index contributed by atoms with van der Waals surface area (Å²) in [5.41, 5.74) is 2.81. The SMILES string of the molecule is COc1ccc(C(CNC(=O)c2cccc(C)c2)N2CCOCC2)cc1OC. The molecule has 1 heterocycles. The second-order valence-electron chi connectivity index (χ2n) is 6.86. The first-order chi connectivity index (χ1) is 13.6. The van der Waals surface area contributed by atoms with Crippen molar-refractivity contribution in [2.75, 3.05) is 47.1 Å². The summed E-state index contributed by atoms with van der Waals surface area (Å²) in [4.78, 5) is 15.0. The lowest BCUT2D eigenvalue weighted by Crippen LogP contribution is -2.43. The third-order valence-electron chi connectivity index (χ3n) is 5.02. The van der Waals surface area contributed by atoms with Crippen molar-refractivity contribution in [3.63, 3.8) is 0 Å². The van der Waals surface area contributed by atoms with Gasteiger partial charge in [-0.15, -0.1) is 0 Å². The number of ether oxygens (including phenoxy) is 3. The van der Waals surface area contributed by atoms with E-state index in [4.69, 9.17) is 14.2 Å². The smallest absolute Gasteiger partial charge is 0.251 e. The number of morpholine rings is 1. The second-order valence-corrected chi connectivity index (χ2v) is 6.86. The number of nitrogens with zero attached hydrogens (tertiary/aromatic N) is 1. The molecular weight excluding hydrogens is 356 g/mol. The molecule has 1 unspecified atom stereocenters. The van der Waals surface area contributed by atoms with Crippen LogP contribution >= 0.6 is 0 Å². The van der Waals surface area contributed by atoms with E-state index in [1.54, 1.807) is 14.2 Å². The molecule has 2 aromatic rings. The van der Waals surface area contributed by atoms with Crippen LogP contribution in [0.25, 0.3) is 0 Å². The van der Waals surface area contributed by atoms with Crippen molar-refractivity contribution in [3.05, 3.63) is 59.2 Å². The van der Waals surface area contributed by atoms with Gasteiger partial charge in [-0.25, -0.2) is 0 Å². The van der Waals surface area contributed by atoms with Crippen LogP contribution in [-0.2, 0) is 4.74 Å². The van der Waals surface area contributed by atoms with Crippen LogP contribution in [0.15, 0.2) is 42.5 Å². The van der Waals surface area contributed by atoms with Crippen LogP contribution in [0.5, 0.6) is 11.5 Å². The van der Waals surface area contributed by atoms with Crippen LogP contribution in [0.2, 0.25) is 0 Å². The van der Waals surface area contributed by atoms with Crippen LogP contribution in [0, 0.1) is 6.92 Å². The van der Waals surface area contributed by atoms with Gasteiger partial charge in [0.05, 0.1) is 33.5 Å². The number of nitrogens with one attached hydrogen (secondary N) is 1. The standard InChI is InChI=1S/C22H28N2O4/c1-16-5-4-6-18(13-16)22(25)23-15-19(24-9-11-28-12-10-24)17-7-8-20(26-2)21(14-17)27-3/h4-8,13-14,19H,9-12,15H2,1-3H3,(H,23,25). The number of methoxy groups -OCH3 is 2. The number of carbonyl (C=O) groups is 1. The van der Waals surface area contributed by atoms with Gasteiger partial charge in [0.2, 0.25) is 0 Å². The summed E-state index contributed by atoms with van der Waals surface area (Å²) in [7, 11) is 3.25. The molecule has 6 nitrogen and oxygen atoms in total. The molecular formula is C22H28N2O4. The minimum absolute atomic E-state index is 0.0254. The van der Waals surface area contributed by atoms with Gasteiger partial charge < -0.3 is 19.5 Å². The largest absolute Gasteiger partial charge is 0.493 e. The topological polar surface area (TPSA) is 60.0 Å². The van der Waals surface area contributed by atoms with Crippen molar-refractivity contribution in [3.8, 4) is 11.5 Å². The zero-order chi connectivity index (χ0) is 19.9. The zero-order valence-electron chi connectivity index (χ0n) is 16.7. The van der Waals surface area contributed by atoms with E-state index in [1.165, 1.54) is 0 Å². The molecule has 1 N–H and O–H groups in total. The van der Waals surface area contributed by atoms with Crippen molar-refractivity contribution in [2.45, 2.75) is 13.0 Å². The Morgan fingerprint density at radius 3 is 2.54 bits per heavy atom. The number of amides is 1. The molecule has 1 aliphatic rings. The molecule has 28 heavy (non-hydrogen) atoms. The fourth-order valence-electron chi connectivity index (χ4n) is 3.48. The van der Waals surface area contributed by atoms with Crippen molar-refractivity contribution in [2.24, 2.45) is 0 Å². The van der Waals surface area contributed by atoms with Gasteiger partial charge in [0.15, 0.2) is 11.5 Å². The highest BCUT2D eigenvalue weighted by Gasteiger charge is 2.24. The Bertz CT molecular complexity index is 803. The molecule has 1 aliphatic heterocycles. The molecule has 1 fully saturated rings. The van der Waals surface area contributed by atoms with Gasteiger partial charge in [-0.3, -0.25) is 9.69 Å². The highest BCUT2D eigenvalue weighted by atomic mass is 16.5. The van der Waals surface area contributed by atoms with E-state index in [1.807, 2.05) is 49.4 Å². The normalized spacial score (nSPS) is 15.7. The summed E-state index contributed by atoms with van der Waals surface area (Å²) >= 11 is 0. The zero-order valence-corrected chi connectivity index (χ0v) is 16.7. The van der Waals surface area contributed by atoms with Gasteiger partial charge in [0.25, 0.3) is 5.91 Å². The summed E-state index contributed by atoms with van der Waals surface area (Å²) in [6.07, 6.45) is 0. The first-order valence-corrected chi connectivity index (χ1v) is 9.51. The maximum absolute atomic E-state index is 12.6. The predicted octanol–water partition coefficient (Wildman–Crippen LogP) is 2.82. The molecule has 0 aliphatic carbocycles. The fourth-order valence-corrected chi connectivity index (χ4v) is 3.48. The Balaban J connectivity index is 1.80. The lowest BCUT2D eigenvalue weighted by Gasteiger charge is -2.35. The average molecular weight is 384 g/mol. The first kappa shape index (κ1) is 20.2. The molecule has 3 rings (SSSR count). The van der Waals surface area contributed by atoms with E-state index in [2.05, 4.69) is 10.2 Å². The Labute approximate surface area is 166 Å². The molecule has 1 atom stereocenters. The Kier molecular flexibility index (Phi) is 6.90. The number of carbonyl (C=O) groups excluding carboxylic acids is 1. The highest BCUT2D eigenvalue weighted by Crippen LogP contribution is 2.32. The maximum Gasteiger partial charge on any atom is 0.251 e. The summed E-state index contributed by atoms with van der Waals surface area (Å²) in [6.45, 7) is 5.50. The number of rotatable bonds is 7. The Morgan fingerprint density at radius 2 is 1.86 bits per heavy atom. The molecule has 0 bridgehead atoms.